The fourth-order valence-corrected chi connectivity index (χ4v) is 8.89. The van der Waals surface area contributed by atoms with Gasteiger partial charge < -0.3 is 4.90 Å². The molecule has 8 rings (SSSR count). The summed E-state index contributed by atoms with van der Waals surface area (Å²) in [6.07, 6.45) is 1.91. The first-order valence-electron chi connectivity index (χ1n) is 15.2. The Kier molecular flexibility index (Phi) is 6.63. The van der Waals surface area contributed by atoms with E-state index in [4.69, 9.17) is 23.2 Å². The third kappa shape index (κ3) is 3.93. The van der Waals surface area contributed by atoms with Crippen LogP contribution in [0.25, 0.3) is 16.8 Å². The summed E-state index contributed by atoms with van der Waals surface area (Å²) in [7, 11) is 2.02. The van der Waals surface area contributed by atoms with Crippen molar-refractivity contribution in [2.45, 2.75) is 17.5 Å². The van der Waals surface area contributed by atoms with Gasteiger partial charge in [0.15, 0.2) is 11.6 Å². The number of fused-ring (bicyclic) bond motifs is 2. The smallest absolute Gasteiger partial charge is 0.189 e. The van der Waals surface area contributed by atoms with Gasteiger partial charge in [-0.15, -0.1) is 0 Å². The van der Waals surface area contributed by atoms with Crippen LogP contribution in [0.1, 0.15) is 44.6 Å². The molecule has 0 amide bonds. The number of benzene rings is 5. The molecule has 2 aliphatic heterocycles. The number of nitrogens with one attached hydrogen (secondary N) is 1. The van der Waals surface area contributed by atoms with Crippen molar-refractivity contribution in [3.63, 3.8) is 0 Å². The first kappa shape index (κ1) is 28.4. The van der Waals surface area contributed by atoms with Crippen LogP contribution < -0.4 is 5.32 Å². The number of likely N-dealkylation sites (N-methyl/N-ethyl adjacent to an activating group) is 1. The first-order chi connectivity index (χ1) is 21.9. The predicted octanol–water partition coefficient (Wildman–Crippen LogP) is 8.25. The molecule has 5 aromatic rings. The lowest BCUT2D eigenvalue weighted by molar-refractivity contribution is -0.132. The zero-order chi connectivity index (χ0) is 30.9. The maximum absolute atomic E-state index is 15.7. The summed E-state index contributed by atoms with van der Waals surface area (Å²) >= 11 is 13.7. The highest BCUT2D eigenvalue weighted by atomic mass is 35.5. The predicted molar refractivity (Wildman–Crippen MR) is 181 cm³/mol. The molecule has 0 bridgehead atoms. The lowest BCUT2D eigenvalue weighted by Gasteiger charge is -2.50. The molecule has 0 aromatic heterocycles. The largest absolute Gasteiger partial charge is 0.301 e. The summed E-state index contributed by atoms with van der Waals surface area (Å²) < 4.78 is 0. The zero-order valence-corrected chi connectivity index (χ0v) is 26.1. The maximum atomic E-state index is 15.7. The summed E-state index contributed by atoms with van der Waals surface area (Å²) in [5.41, 5.74) is 2.08. The van der Waals surface area contributed by atoms with Gasteiger partial charge in [-0.1, -0.05) is 126 Å². The number of ketones is 2. The van der Waals surface area contributed by atoms with Crippen molar-refractivity contribution in [2.24, 2.45) is 5.41 Å². The number of carbonyl (C=O) groups excluding carboxylic acids is 2. The standard InChI is InChI=1S/C39H30Cl2N2O2/c1-43-22-27(21-26-13-5-7-19-31(26)40)36(44)38(23-43)34(28-16-6-8-20-32(28)41)35(25-11-3-2-4-12-25)42-39(38)30-18-10-15-24-14-9-17-29(33(24)30)37(39)45/h2-21,34-35,42H,22-23H2,1H3/b27-21+/t34-,35-,38-,39-/m0/s1. The molecule has 6 heteroatoms. The van der Waals surface area contributed by atoms with Gasteiger partial charge in [-0.05, 0) is 58.3 Å². The van der Waals surface area contributed by atoms with Gasteiger partial charge in [-0.2, -0.15) is 0 Å². The van der Waals surface area contributed by atoms with E-state index in [-0.39, 0.29) is 11.6 Å². The molecule has 1 aliphatic carbocycles. The van der Waals surface area contributed by atoms with E-state index < -0.39 is 22.9 Å². The van der Waals surface area contributed by atoms with Crippen molar-refractivity contribution in [2.75, 3.05) is 20.1 Å². The molecule has 3 aliphatic rings. The second kappa shape index (κ2) is 10.5. The number of hydrogen-bond donors (Lipinski definition) is 1. The minimum atomic E-state index is -1.36. The molecular formula is C39H30Cl2N2O2. The third-order valence-corrected chi connectivity index (χ3v) is 10.8. The second-order valence-electron chi connectivity index (χ2n) is 12.5. The molecule has 5 aromatic carbocycles. The summed E-state index contributed by atoms with van der Waals surface area (Å²) in [6, 6.07) is 37.0. The van der Waals surface area contributed by atoms with Crippen LogP contribution in [0.5, 0.6) is 0 Å². The molecule has 2 spiro atoms. The van der Waals surface area contributed by atoms with Gasteiger partial charge >= 0.3 is 0 Å². The van der Waals surface area contributed by atoms with Crippen LogP contribution in [0.2, 0.25) is 10.0 Å². The van der Waals surface area contributed by atoms with Crippen molar-refractivity contribution in [1.82, 2.24) is 10.2 Å². The fraction of sp³-hybridized carbons (Fsp3) is 0.179. The second-order valence-corrected chi connectivity index (χ2v) is 13.3. The summed E-state index contributed by atoms with van der Waals surface area (Å²) in [5.74, 6) is -0.618. The van der Waals surface area contributed by atoms with Gasteiger partial charge in [-0.25, -0.2) is 0 Å². The van der Waals surface area contributed by atoms with Crippen LogP contribution in [0.3, 0.4) is 0 Å². The number of nitrogens with zero attached hydrogens (tertiary/aromatic N) is 1. The maximum Gasteiger partial charge on any atom is 0.189 e. The van der Waals surface area contributed by atoms with E-state index in [1.807, 2.05) is 116 Å². The molecule has 0 saturated carbocycles. The van der Waals surface area contributed by atoms with Crippen molar-refractivity contribution in [3.8, 4) is 0 Å². The van der Waals surface area contributed by atoms with Crippen molar-refractivity contribution in [3.05, 3.63) is 159 Å². The van der Waals surface area contributed by atoms with Crippen molar-refractivity contribution < 1.29 is 9.59 Å². The van der Waals surface area contributed by atoms with Crippen LogP contribution in [-0.2, 0) is 10.3 Å². The lowest BCUT2D eigenvalue weighted by Crippen LogP contribution is -2.64. The van der Waals surface area contributed by atoms with Crippen molar-refractivity contribution >= 4 is 51.6 Å². The van der Waals surface area contributed by atoms with E-state index in [0.29, 0.717) is 34.3 Å². The Morgan fingerprint density at radius 3 is 2.22 bits per heavy atom. The molecule has 0 radical (unpaired) electrons. The number of carbonyl (C=O) groups is 2. The Morgan fingerprint density at radius 2 is 1.47 bits per heavy atom. The van der Waals surface area contributed by atoms with E-state index in [1.165, 1.54) is 0 Å². The Morgan fingerprint density at radius 1 is 0.778 bits per heavy atom. The van der Waals surface area contributed by atoms with E-state index in [0.717, 1.165) is 33.0 Å². The number of piperidine rings is 1. The van der Waals surface area contributed by atoms with Gasteiger partial charge in [-0.3, -0.25) is 14.9 Å². The van der Waals surface area contributed by atoms with Crippen LogP contribution in [0.4, 0.5) is 0 Å². The van der Waals surface area contributed by atoms with Gasteiger partial charge in [0.25, 0.3) is 0 Å². The molecule has 222 valence electrons. The summed E-state index contributed by atoms with van der Waals surface area (Å²) in [6.45, 7) is 0.784. The highest BCUT2D eigenvalue weighted by Gasteiger charge is 2.74. The van der Waals surface area contributed by atoms with E-state index in [9.17, 15) is 0 Å². The molecule has 2 saturated heterocycles. The average molecular weight is 630 g/mol. The molecule has 4 atom stereocenters. The van der Waals surface area contributed by atoms with Crippen LogP contribution >= 0.6 is 23.2 Å². The lowest BCUT2D eigenvalue weighted by atomic mass is 9.54. The Labute approximate surface area is 272 Å². The highest BCUT2D eigenvalue weighted by molar-refractivity contribution is 6.32. The van der Waals surface area contributed by atoms with Gasteiger partial charge in [0.05, 0.1) is 5.41 Å². The minimum absolute atomic E-state index is 0.0606. The summed E-state index contributed by atoms with van der Waals surface area (Å²) in [4.78, 5) is 33.1. The monoisotopic (exact) mass is 628 g/mol. The topological polar surface area (TPSA) is 49.4 Å². The molecular weight excluding hydrogens is 599 g/mol. The minimum Gasteiger partial charge on any atom is -0.301 e. The normalized spacial score (nSPS) is 27.0. The van der Waals surface area contributed by atoms with Gasteiger partial charge in [0.2, 0.25) is 0 Å². The number of rotatable bonds is 3. The Balaban J connectivity index is 1.49. The Hall–Kier alpha value is -4.06. The molecule has 45 heavy (non-hydrogen) atoms. The van der Waals surface area contributed by atoms with Crippen molar-refractivity contribution in [1.29, 1.82) is 0 Å². The molecule has 2 fully saturated rings. The zero-order valence-electron chi connectivity index (χ0n) is 24.6. The number of Topliss-reactive ketones (excluding diaryl/α,β-unsaturated/α-hetero) is 2. The van der Waals surface area contributed by atoms with Crippen LogP contribution in [0.15, 0.2) is 121 Å². The molecule has 2 heterocycles. The summed E-state index contributed by atoms with van der Waals surface area (Å²) in [5, 5.41) is 6.93. The van der Waals surface area contributed by atoms with Gasteiger partial charge in [0.1, 0.15) is 5.54 Å². The number of halogens is 2. The molecule has 0 unspecified atom stereocenters. The fourth-order valence-electron chi connectivity index (χ4n) is 8.45. The number of hydrogen-bond acceptors (Lipinski definition) is 4. The van der Waals surface area contributed by atoms with Gasteiger partial charge in [0, 0.05) is 46.2 Å². The van der Waals surface area contributed by atoms with E-state index >= 15 is 9.59 Å². The highest BCUT2D eigenvalue weighted by Crippen LogP contribution is 2.67. The van der Waals surface area contributed by atoms with Crippen LogP contribution in [-0.4, -0.2) is 36.6 Å². The molecule has 1 N–H and O–H groups in total. The number of likely N-dealkylation sites (tertiary alicyclic amines) is 1. The third-order valence-electron chi connectivity index (χ3n) is 10.1. The molecule has 4 nitrogen and oxygen atoms in total. The Bertz CT molecular complexity index is 2050. The first-order valence-corrected chi connectivity index (χ1v) is 15.9. The van der Waals surface area contributed by atoms with E-state index in [2.05, 4.69) is 22.3 Å². The van der Waals surface area contributed by atoms with Crippen LogP contribution in [0, 0.1) is 5.41 Å². The quantitative estimate of drug-likeness (QED) is 0.204. The van der Waals surface area contributed by atoms with E-state index in [1.54, 1.807) is 0 Å². The SMILES string of the molecule is CN1C/C(=C\c2ccccc2Cl)C(=O)[C@]2(C1)[C@@H](c1ccccc1Cl)[C@H](c1ccccc1)N[C@@]21C(=O)c2cccc3cccc1c23. The average Bonchev–Trinajstić information content (AvgIpc) is 3.48.